The van der Waals surface area contributed by atoms with Crippen molar-refractivity contribution in [1.29, 1.82) is 0 Å². The van der Waals surface area contributed by atoms with Gasteiger partial charge < -0.3 is 9.73 Å². The molecule has 2 aromatic rings. The van der Waals surface area contributed by atoms with Gasteiger partial charge in [0.05, 0.1) is 22.8 Å². The Morgan fingerprint density at radius 1 is 1.25 bits per heavy atom. The molecule has 1 N–H and O–H groups in total. The first-order valence-electron chi connectivity index (χ1n) is 6.76. The number of nitrogens with zero attached hydrogens (tertiary/aromatic N) is 1. The molecule has 2 rings (SSSR count). The average Bonchev–Trinajstić information content (AvgIpc) is 2.91. The molecule has 0 radical (unpaired) electrons. The summed E-state index contributed by atoms with van der Waals surface area (Å²) in [6.45, 7) is 4.76. The SMILES string of the molecule is CCc1cnc(CNC(CC)c2ccc(Cl)c(Cl)c2)o1. The van der Waals surface area contributed by atoms with E-state index in [9.17, 15) is 0 Å². The van der Waals surface area contributed by atoms with E-state index in [0.717, 1.165) is 24.2 Å². The summed E-state index contributed by atoms with van der Waals surface area (Å²) in [5.74, 6) is 1.62. The fourth-order valence-electron chi connectivity index (χ4n) is 2.03. The average molecular weight is 313 g/mol. The molecule has 0 aliphatic rings. The van der Waals surface area contributed by atoms with Crippen molar-refractivity contribution < 1.29 is 4.42 Å². The Bertz CT molecular complexity index is 569. The monoisotopic (exact) mass is 312 g/mol. The normalized spacial score (nSPS) is 12.6. The molecule has 1 atom stereocenters. The number of hydrogen-bond donors (Lipinski definition) is 1. The van der Waals surface area contributed by atoms with Crippen LogP contribution in [0.1, 0.15) is 43.5 Å². The van der Waals surface area contributed by atoms with Crippen molar-refractivity contribution >= 4 is 23.2 Å². The highest BCUT2D eigenvalue weighted by atomic mass is 35.5. The molecule has 0 aliphatic carbocycles. The summed E-state index contributed by atoms with van der Waals surface area (Å²) < 4.78 is 5.59. The fraction of sp³-hybridized carbons (Fsp3) is 0.400. The van der Waals surface area contributed by atoms with Crippen molar-refractivity contribution in [1.82, 2.24) is 10.3 Å². The summed E-state index contributed by atoms with van der Waals surface area (Å²) in [6, 6.07) is 5.91. The number of aromatic nitrogens is 1. The molecule has 0 amide bonds. The lowest BCUT2D eigenvalue weighted by molar-refractivity contribution is 0.413. The zero-order valence-corrected chi connectivity index (χ0v) is 13.1. The minimum atomic E-state index is 0.196. The Kier molecular flexibility index (Phi) is 5.46. The van der Waals surface area contributed by atoms with Crippen LogP contribution in [0.25, 0.3) is 0 Å². The van der Waals surface area contributed by atoms with Crippen molar-refractivity contribution in [2.24, 2.45) is 0 Å². The van der Waals surface area contributed by atoms with E-state index in [4.69, 9.17) is 27.6 Å². The van der Waals surface area contributed by atoms with Gasteiger partial charge in [0.1, 0.15) is 5.76 Å². The van der Waals surface area contributed by atoms with Gasteiger partial charge in [0, 0.05) is 12.5 Å². The molecule has 1 unspecified atom stereocenters. The van der Waals surface area contributed by atoms with E-state index in [1.54, 1.807) is 6.20 Å². The second-order valence-corrected chi connectivity index (χ2v) is 5.40. The molecule has 0 saturated heterocycles. The zero-order chi connectivity index (χ0) is 14.5. The van der Waals surface area contributed by atoms with E-state index in [0.29, 0.717) is 22.5 Å². The zero-order valence-electron chi connectivity index (χ0n) is 11.6. The summed E-state index contributed by atoms with van der Waals surface area (Å²) >= 11 is 12.0. The number of hydrogen-bond acceptors (Lipinski definition) is 3. The van der Waals surface area contributed by atoms with Gasteiger partial charge in [-0.2, -0.15) is 0 Å². The molecule has 5 heteroatoms. The van der Waals surface area contributed by atoms with Gasteiger partial charge in [0.25, 0.3) is 0 Å². The molecule has 0 spiro atoms. The molecule has 1 aromatic carbocycles. The lowest BCUT2D eigenvalue weighted by atomic mass is 10.0. The Hall–Kier alpha value is -1.03. The Morgan fingerprint density at radius 2 is 2.05 bits per heavy atom. The standard InChI is InChI=1S/C15H18Cl2N2O/c1-3-11-8-19-15(20-11)9-18-14(4-2)10-5-6-12(16)13(17)7-10/h5-8,14,18H,3-4,9H2,1-2H3. The number of rotatable bonds is 6. The predicted octanol–water partition coefficient (Wildman–Crippen LogP) is 4.78. The molecular formula is C15H18Cl2N2O. The Balaban J connectivity index is 2.03. The summed E-state index contributed by atoms with van der Waals surface area (Å²) in [4.78, 5) is 4.24. The molecule has 108 valence electrons. The molecule has 0 saturated carbocycles. The van der Waals surface area contributed by atoms with Crippen molar-refractivity contribution in [3.8, 4) is 0 Å². The third kappa shape index (κ3) is 3.75. The molecule has 20 heavy (non-hydrogen) atoms. The number of halogens is 2. The largest absolute Gasteiger partial charge is 0.444 e. The second kappa shape index (κ2) is 7.11. The van der Waals surface area contributed by atoms with Gasteiger partial charge in [-0.25, -0.2) is 4.98 Å². The molecule has 0 bridgehead atoms. The lowest BCUT2D eigenvalue weighted by Crippen LogP contribution is -2.20. The van der Waals surface area contributed by atoms with Gasteiger partial charge in [0.2, 0.25) is 5.89 Å². The highest BCUT2D eigenvalue weighted by Crippen LogP contribution is 2.27. The van der Waals surface area contributed by atoms with E-state index in [1.807, 2.05) is 25.1 Å². The highest BCUT2D eigenvalue weighted by molar-refractivity contribution is 6.42. The first-order valence-corrected chi connectivity index (χ1v) is 7.51. The van der Waals surface area contributed by atoms with Gasteiger partial charge >= 0.3 is 0 Å². The fourth-order valence-corrected chi connectivity index (χ4v) is 2.34. The topological polar surface area (TPSA) is 38.1 Å². The van der Waals surface area contributed by atoms with Crippen molar-refractivity contribution in [2.75, 3.05) is 0 Å². The van der Waals surface area contributed by atoms with Crippen LogP contribution in [0.4, 0.5) is 0 Å². The van der Waals surface area contributed by atoms with E-state index in [2.05, 4.69) is 17.2 Å². The van der Waals surface area contributed by atoms with E-state index in [-0.39, 0.29) is 6.04 Å². The maximum Gasteiger partial charge on any atom is 0.208 e. The Morgan fingerprint density at radius 3 is 2.65 bits per heavy atom. The molecular weight excluding hydrogens is 295 g/mol. The summed E-state index contributed by atoms with van der Waals surface area (Å²) in [5.41, 5.74) is 1.11. The van der Waals surface area contributed by atoms with Gasteiger partial charge in [-0.3, -0.25) is 0 Å². The summed E-state index contributed by atoms with van der Waals surface area (Å²) in [5, 5.41) is 4.58. The van der Waals surface area contributed by atoms with Crippen LogP contribution < -0.4 is 5.32 Å². The Labute approximate surface area is 129 Å². The maximum atomic E-state index is 6.06. The van der Waals surface area contributed by atoms with Gasteiger partial charge in [-0.05, 0) is 24.1 Å². The quantitative estimate of drug-likeness (QED) is 0.833. The first kappa shape index (κ1) is 15.4. The minimum absolute atomic E-state index is 0.196. The van der Waals surface area contributed by atoms with Crippen LogP contribution >= 0.6 is 23.2 Å². The predicted molar refractivity (Wildman–Crippen MR) is 82.2 cm³/mol. The van der Waals surface area contributed by atoms with Crippen molar-refractivity contribution in [3.63, 3.8) is 0 Å². The van der Waals surface area contributed by atoms with Crippen LogP contribution in [0.15, 0.2) is 28.8 Å². The maximum absolute atomic E-state index is 6.06. The van der Waals surface area contributed by atoms with E-state index >= 15 is 0 Å². The second-order valence-electron chi connectivity index (χ2n) is 4.59. The van der Waals surface area contributed by atoms with Crippen LogP contribution in [0.3, 0.4) is 0 Å². The van der Waals surface area contributed by atoms with Crippen LogP contribution in [-0.2, 0) is 13.0 Å². The molecule has 0 aliphatic heterocycles. The first-order chi connectivity index (χ1) is 9.63. The van der Waals surface area contributed by atoms with Gasteiger partial charge in [-0.15, -0.1) is 0 Å². The smallest absolute Gasteiger partial charge is 0.208 e. The number of nitrogens with one attached hydrogen (secondary N) is 1. The van der Waals surface area contributed by atoms with Crippen LogP contribution in [0, 0.1) is 0 Å². The highest BCUT2D eigenvalue weighted by Gasteiger charge is 2.12. The molecule has 0 fully saturated rings. The lowest BCUT2D eigenvalue weighted by Gasteiger charge is -2.17. The molecule has 1 aromatic heterocycles. The summed E-state index contributed by atoms with van der Waals surface area (Å²) in [6.07, 6.45) is 3.58. The third-order valence-corrected chi connectivity index (χ3v) is 3.94. The van der Waals surface area contributed by atoms with Crippen molar-refractivity contribution in [2.45, 2.75) is 39.3 Å². The van der Waals surface area contributed by atoms with Crippen LogP contribution in [0.2, 0.25) is 10.0 Å². The third-order valence-electron chi connectivity index (χ3n) is 3.20. The van der Waals surface area contributed by atoms with E-state index < -0.39 is 0 Å². The minimum Gasteiger partial charge on any atom is -0.444 e. The molecule has 1 heterocycles. The molecule has 3 nitrogen and oxygen atoms in total. The van der Waals surface area contributed by atoms with Gasteiger partial charge in [0.15, 0.2) is 0 Å². The van der Waals surface area contributed by atoms with Gasteiger partial charge in [-0.1, -0.05) is 43.1 Å². The van der Waals surface area contributed by atoms with Crippen LogP contribution in [-0.4, -0.2) is 4.98 Å². The number of aryl methyl sites for hydroxylation is 1. The van der Waals surface area contributed by atoms with Crippen molar-refractivity contribution in [3.05, 3.63) is 51.7 Å². The summed E-state index contributed by atoms with van der Waals surface area (Å²) in [7, 11) is 0. The number of benzene rings is 1. The number of oxazole rings is 1. The van der Waals surface area contributed by atoms with E-state index in [1.165, 1.54) is 0 Å². The van der Waals surface area contributed by atoms with Crippen LogP contribution in [0.5, 0.6) is 0 Å².